The number of hydrogen-bond donors (Lipinski definition) is 4. The summed E-state index contributed by atoms with van der Waals surface area (Å²) in [7, 11) is 0. The van der Waals surface area contributed by atoms with Gasteiger partial charge in [0.25, 0.3) is 0 Å². The first-order valence-electron chi connectivity index (χ1n) is 13.8. The van der Waals surface area contributed by atoms with Gasteiger partial charge >= 0.3 is 0 Å². The summed E-state index contributed by atoms with van der Waals surface area (Å²) in [6.45, 7) is 3.46. The van der Waals surface area contributed by atoms with Crippen LogP contribution in [0.5, 0.6) is 0 Å². The van der Waals surface area contributed by atoms with Gasteiger partial charge in [-0.1, -0.05) is 63.3 Å². The van der Waals surface area contributed by atoms with Gasteiger partial charge in [0.15, 0.2) is 0 Å². The van der Waals surface area contributed by atoms with Crippen molar-refractivity contribution >= 4 is 11.8 Å². The summed E-state index contributed by atoms with van der Waals surface area (Å²) >= 11 is 0. The van der Waals surface area contributed by atoms with Gasteiger partial charge < -0.3 is 20.9 Å². The number of carbonyl (C=O) groups is 2. The standard InChI is InChI=1S/C28H47N5O2/c1-2-3-4-5-6-7-8-9-10-11-12-13-14-15-16-17-27(34)33-25-20-26(31-22-25)28(35)30-19-18-24-21-29-23-32-24/h6-7,9-10,21,23,25-26,31H,2-5,8,11-20,22H2,1H3,(H,29,32)(H,30,35)(H,33,34)/t25-,26-/m0/s1. The van der Waals surface area contributed by atoms with Gasteiger partial charge in [0.05, 0.1) is 12.4 Å². The van der Waals surface area contributed by atoms with E-state index in [4.69, 9.17) is 0 Å². The minimum atomic E-state index is -0.238. The van der Waals surface area contributed by atoms with Crippen LogP contribution in [0.15, 0.2) is 36.8 Å². The van der Waals surface area contributed by atoms with Crippen molar-refractivity contribution < 1.29 is 9.59 Å². The molecule has 196 valence electrons. The van der Waals surface area contributed by atoms with Crippen molar-refractivity contribution in [2.75, 3.05) is 13.1 Å². The van der Waals surface area contributed by atoms with Gasteiger partial charge in [-0.05, 0) is 44.9 Å². The highest BCUT2D eigenvalue weighted by molar-refractivity contribution is 5.82. The Labute approximate surface area is 212 Å². The molecule has 2 atom stereocenters. The second kappa shape index (κ2) is 18.9. The zero-order valence-corrected chi connectivity index (χ0v) is 21.7. The van der Waals surface area contributed by atoms with E-state index in [1.807, 2.05) is 0 Å². The first-order chi connectivity index (χ1) is 17.2. The molecule has 2 rings (SSSR count). The molecule has 0 spiro atoms. The predicted molar refractivity (Wildman–Crippen MR) is 143 cm³/mol. The molecule has 0 bridgehead atoms. The predicted octanol–water partition coefficient (Wildman–Crippen LogP) is 4.73. The van der Waals surface area contributed by atoms with Crippen LogP contribution in [0.2, 0.25) is 0 Å². The molecule has 0 radical (unpaired) electrons. The number of aromatic amines is 1. The van der Waals surface area contributed by atoms with Crippen molar-refractivity contribution in [3.8, 4) is 0 Å². The molecule has 35 heavy (non-hydrogen) atoms. The van der Waals surface area contributed by atoms with Crippen molar-refractivity contribution in [2.45, 2.75) is 109 Å². The van der Waals surface area contributed by atoms with Gasteiger partial charge in [0.2, 0.25) is 11.8 Å². The largest absolute Gasteiger partial charge is 0.354 e. The van der Waals surface area contributed by atoms with Crippen molar-refractivity contribution in [3.05, 3.63) is 42.5 Å². The number of H-pyrrole nitrogens is 1. The monoisotopic (exact) mass is 485 g/mol. The average molecular weight is 486 g/mol. The smallest absolute Gasteiger partial charge is 0.237 e. The van der Waals surface area contributed by atoms with Crippen LogP contribution in [0.25, 0.3) is 0 Å². The number of imidazole rings is 1. The van der Waals surface area contributed by atoms with Crippen LogP contribution in [0.4, 0.5) is 0 Å². The molecule has 0 aliphatic carbocycles. The molecule has 1 aliphatic heterocycles. The van der Waals surface area contributed by atoms with E-state index in [-0.39, 0.29) is 23.9 Å². The topological polar surface area (TPSA) is 98.9 Å². The molecule has 0 unspecified atom stereocenters. The van der Waals surface area contributed by atoms with Crippen LogP contribution in [-0.2, 0) is 16.0 Å². The molecule has 1 fully saturated rings. The Hall–Kier alpha value is -2.41. The first kappa shape index (κ1) is 28.8. The minimum Gasteiger partial charge on any atom is -0.354 e. The van der Waals surface area contributed by atoms with Gasteiger partial charge in [-0.2, -0.15) is 0 Å². The van der Waals surface area contributed by atoms with Gasteiger partial charge in [0.1, 0.15) is 0 Å². The van der Waals surface area contributed by atoms with E-state index in [0.29, 0.717) is 25.9 Å². The van der Waals surface area contributed by atoms with Crippen molar-refractivity contribution in [3.63, 3.8) is 0 Å². The third kappa shape index (κ3) is 13.9. The third-order valence-electron chi connectivity index (χ3n) is 6.42. The number of hydrogen-bond acceptors (Lipinski definition) is 4. The second-order valence-electron chi connectivity index (χ2n) is 9.56. The molecule has 7 nitrogen and oxygen atoms in total. The molecule has 0 saturated carbocycles. The van der Waals surface area contributed by atoms with Crippen LogP contribution in [-0.4, -0.2) is 47.0 Å². The van der Waals surface area contributed by atoms with E-state index in [2.05, 4.69) is 57.1 Å². The molecular weight excluding hydrogens is 438 g/mol. The van der Waals surface area contributed by atoms with Crippen LogP contribution in [0.1, 0.15) is 96.1 Å². The van der Waals surface area contributed by atoms with E-state index in [9.17, 15) is 9.59 Å². The summed E-state index contributed by atoms with van der Waals surface area (Å²) in [5.74, 6) is 0.0952. The first-order valence-corrected chi connectivity index (χ1v) is 13.8. The third-order valence-corrected chi connectivity index (χ3v) is 6.42. The van der Waals surface area contributed by atoms with E-state index in [1.54, 1.807) is 12.5 Å². The number of unbranched alkanes of at least 4 members (excludes halogenated alkanes) is 8. The lowest BCUT2D eigenvalue weighted by Gasteiger charge is -2.13. The Morgan fingerprint density at radius 1 is 1.03 bits per heavy atom. The molecule has 1 aromatic heterocycles. The summed E-state index contributed by atoms with van der Waals surface area (Å²) in [4.78, 5) is 31.6. The van der Waals surface area contributed by atoms with E-state index >= 15 is 0 Å². The molecule has 7 heteroatoms. The molecular formula is C28H47N5O2. The maximum Gasteiger partial charge on any atom is 0.237 e. The maximum atomic E-state index is 12.3. The SMILES string of the molecule is CCCCCC=CCC=CCCCCCCCC(=O)N[C@@H]1CN[C@H](C(=O)NCCc2cnc[nH]2)C1. The van der Waals surface area contributed by atoms with Gasteiger partial charge in [0, 0.05) is 43.9 Å². The lowest BCUT2D eigenvalue weighted by Crippen LogP contribution is -2.41. The van der Waals surface area contributed by atoms with Crippen LogP contribution in [0, 0.1) is 0 Å². The Morgan fingerprint density at radius 3 is 2.51 bits per heavy atom. The van der Waals surface area contributed by atoms with Gasteiger partial charge in [-0.15, -0.1) is 0 Å². The van der Waals surface area contributed by atoms with E-state index in [0.717, 1.165) is 37.8 Å². The van der Waals surface area contributed by atoms with Gasteiger partial charge in [-0.25, -0.2) is 4.98 Å². The highest BCUT2D eigenvalue weighted by Crippen LogP contribution is 2.10. The molecule has 0 aromatic carbocycles. The van der Waals surface area contributed by atoms with Gasteiger partial charge in [-0.3, -0.25) is 9.59 Å². The number of amides is 2. The highest BCUT2D eigenvalue weighted by Gasteiger charge is 2.29. The zero-order chi connectivity index (χ0) is 25.0. The van der Waals surface area contributed by atoms with E-state index in [1.165, 1.54) is 44.9 Å². The number of rotatable bonds is 19. The fraction of sp³-hybridized carbons (Fsp3) is 0.679. The molecule has 1 saturated heterocycles. The Balaban J connectivity index is 1.40. The summed E-state index contributed by atoms with van der Waals surface area (Å²) < 4.78 is 0. The fourth-order valence-electron chi connectivity index (χ4n) is 4.31. The summed E-state index contributed by atoms with van der Waals surface area (Å²) in [6.07, 6.45) is 27.5. The summed E-state index contributed by atoms with van der Waals surface area (Å²) in [5.41, 5.74) is 1.00. The molecule has 1 aromatic rings. The van der Waals surface area contributed by atoms with Crippen molar-refractivity contribution in [2.24, 2.45) is 0 Å². The number of allylic oxidation sites excluding steroid dienone is 4. The average Bonchev–Trinajstić information content (AvgIpc) is 3.54. The van der Waals surface area contributed by atoms with Crippen LogP contribution in [0.3, 0.4) is 0 Å². The number of nitrogens with zero attached hydrogens (tertiary/aromatic N) is 1. The quantitative estimate of drug-likeness (QED) is 0.168. The zero-order valence-electron chi connectivity index (χ0n) is 21.7. The molecule has 1 aliphatic rings. The Morgan fingerprint density at radius 2 is 1.77 bits per heavy atom. The normalized spacial score (nSPS) is 18.0. The van der Waals surface area contributed by atoms with Crippen molar-refractivity contribution in [1.29, 1.82) is 0 Å². The Bertz CT molecular complexity index is 745. The summed E-state index contributed by atoms with van der Waals surface area (Å²) in [5, 5.41) is 9.26. The summed E-state index contributed by atoms with van der Waals surface area (Å²) in [6, 6.07) is -0.207. The van der Waals surface area contributed by atoms with Crippen LogP contribution < -0.4 is 16.0 Å². The molecule has 2 heterocycles. The van der Waals surface area contributed by atoms with Crippen molar-refractivity contribution in [1.82, 2.24) is 25.9 Å². The van der Waals surface area contributed by atoms with Crippen LogP contribution >= 0.6 is 0 Å². The highest BCUT2D eigenvalue weighted by atomic mass is 16.2. The Kier molecular flexibility index (Phi) is 15.5. The molecule has 2 amide bonds. The number of aromatic nitrogens is 2. The minimum absolute atomic E-state index is 0.00465. The maximum absolute atomic E-state index is 12.3. The second-order valence-corrected chi connectivity index (χ2v) is 9.56. The number of nitrogens with one attached hydrogen (secondary N) is 4. The van der Waals surface area contributed by atoms with E-state index < -0.39 is 0 Å². The lowest BCUT2D eigenvalue weighted by molar-refractivity contribution is -0.123. The molecule has 4 N–H and O–H groups in total. The lowest BCUT2D eigenvalue weighted by atomic mass is 10.1. The number of carbonyl (C=O) groups excluding carboxylic acids is 2. The fourth-order valence-corrected chi connectivity index (χ4v) is 4.31.